The van der Waals surface area contributed by atoms with Crippen molar-refractivity contribution in [3.05, 3.63) is 71.8 Å². The summed E-state index contributed by atoms with van der Waals surface area (Å²) in [7, 11) is -6.48. The van der Waals surface area contributed by atoms with Gasteiger partial charge in [-0.1, -0.05) is 18.2 Å². The number of aryl methyl sites for hydroxylation is 1. The van der Waals surface area contributed by atoms with Crippen LogP contribution >= 0.6 is 0 Å². The Hall–Kier alpha value is -3.24. The normalized spacial score (nSPS) is 13.2. The van der Waals surface area contributed by atoms with E-state index in [0.29, 0.717) is 30.1 Å². The summed E-state index contributed by atoms with van der Waals surface area (Å²) < 4.78 is 67.4. The van der Waals surface area contributed by atoms with E-state index in [1.54, 1.807) is 49.4 Å². The standard InChI is InChI=1S/C22H22N2O6S2/c1-15-7-8-18(32(27,28)23-19-5-3-4-6-22(19)29-2)14-20(15)24-31(25,26)17-9-10-21-16(13-17)11-12-30-21/h3-10,13-14,23-24H,11-12H2,1-2H3. The Morgan fingerprint density at radius 3 is 2.25 bits per heavy atom. The third kappa shape index (κ3) is 4.37. The van der Waals surface area contributed by atoms with Gasteiger partial charge < -0.3 is 9.47 Å². The van der Waals surface area contributed by atoms with Crippen LogP contribution in [0.2, 0.25) is 0 Å². The van der Waals surface area contributed by atoms with Gasteiger partial charge in [-0.2, -0.15) is 0 Å². The SMILES string of the molecule is COc1ccccc1NS(=O)(=O)c1ccc(C)c(NS(=O)(=O)c2ccc3c(c2)CCO3)c1. The van der Waals surface area contributed by atoms with E-state index in [-0.39, 0.29) is 21.2 Å². The van der Waals surface area contributed by atoms with Crippen molar-refractivity contribution < 1.29 is 26.3 Å². The third-order valence-electron chi connectivity index (χ3n) is 5.09. The molecular weight excluding hydrogens is 452 g/mol. The van der Waals surface area contributed by atoms with Crippen molar-refractivity contribution in [2.24, 2.45) is 0 Å². The van der Waals surface area contributed by atoms with Crippen LogP contribution in [0.15, 0.2) is 70.5 Å². The predicted molar refractivity (Wildman–Crippen MR) is 121 cm³/mol. The van der Waals surface area contributed by atoms with Gasteiger partial charge in [-0.25, -0.2) is 16.8 Å². The zero-order valence-corrected chi connectivity index (χ0v) is 19.1. The van der Waals surface area contributed by atoms with E-state index >= 15 is 0 Å². The molecule has 0 amide bonds. The molecule has 168 valence electrons. The van der Waals surface area contributed by atoms with Gasteiger partial charge in [0.1, 0.15) is 11.5 Å². The quantitative estimate of drug-likeness (QED) is 0.542. The van der Waals surface area contributed by atoms with Gasteiger partial charge in [0.15, 0.2) is 0 Å². The average Bonchev–Trinajstić information content (AvgIpc) is 3.23. The Morgan fingerprint density at radius 1 is 0.844 bits per heavy atom. The molecule has 0 aliphatic carbocycles. The zero-order chi connectivity index (χ0) is 22.9. The number of anilines is 2. The molecule has 10 heteroatoms. The van der Waals surface area contributed by atoms with E-state index in [0.717, 1.165) is 5.56 Å². The van der Waals surface area contributed by atoms with Crippen LogP contribution in [0.5, 0.6) is 11.5 Å². The number of ether oxygens (including phenoxy) is 2. The molecule has 2 N–H and O–H groups in total. The lowest BCUT2D eigenvalue weighted by molar-refractivity contribution is 0.356. The Morgan fingerprint density at radius 2 is 1.50 bits per heavy atom. The maximum absolute atomic E-state index is 13.0. The van der Waals surface area contributed by atoms with E-state index in [1.807, 2.05) is 0 Å². The van der Waals surface area contributed by atoms with Crippen LogP contribution in [-0.2, 0) is 26.5 Å². The third-order valence-corrected chi connectivity index (χ3v) is 7.81. The number of fused-ring (bicyclic) bond motifs is 1. The highest BCUT2D eigenvalue weighted by Crippen LogP contribution is 2.31. The molecule has 3 aromatic carbocycles. The van der Waals surface area contributed by atoms with Crippen LogP contribution in [0.1, 0.15) is 11.1 Å². The summed E-state index contributed by atoms with van der Waals surface area (Å²) in [5.74, 6) is 1.04. The fourth-order valence-electron chi connectivity index (χ4n) is 3.34. The topological polar surface area (TPSA) is 111 Å². The first kappa shape index (κ1) is 22.0. The minimum Gasteiger partial charge on any atom is -0.495 e. The van der Waals surface area contributed by atoms with Crippen LogP contribution in [0.25, 0.3) is 0 Å². The average molecular weight is 475 g/mol. The molecule has 0 saturated heterocycles. The smallest absolute Gasteiger partial charge is 0.262 e. The minimum absolute atomic E-state index is 0.0848. The number of benzene rings is 3. The van der Waals surface area contributed by atoms with Gasteiger partial charge in [0.25, 0.3) is 20.0 Å². The molecule has 8 nitrogen and oxygen atoms in total. The number of rotatable bonds is 7. The number of hydrogen-bond donors (Lipinski definition) is 2. The lowest BCUT2D eigenvalue weighted by Gasteiger charge is -2.15. The number of sulfonamides is 2. The summed E-state index contributed by atoms with van der Waals surface area (Å²) >= 11 is 0. The molecule has 1 heterocycles. The first-order chi connectivity index (χ1) is 15.2. The first-order valence-electron chi connectivity index (χ1n) is 9.75. The van der Waals surface area contributed by atoms with E-state index < -0.39 is 20.0 Å². The molecule has 1 aliphatic rings. The Bertz CT molecular complexity index is 1390. The van der Waals surface area contributed by atoms with Crippen molar-refractivity contribution in [1.29, 1.82) is 0 Å². The Labute approximate surface area is 187 Å². The van der Waals surface area contributed by atoms with Gasteiger partial charge in [-0.15, -0.1) is 0 Å². The number of methoxy groups -OCH3 is 1. The second kappa shape index (κ2) is 8.36. The minimum atomic E-state index is -3.99. The van der Waals surface area contributed by atoms with Crippen molar-refractivity contribution in [1.82, 2.24) is 0 Å². The van der Waals surface area contributed by atoms with Crippen LogP contribution in [0, 0.1) is 6.92 Å². The van der Waals surface area contributed by atoms with E-state index in [4.69, 9.17) is 9.47 Å². The van der Waals surface area contributed by atoms with Gasteiger partial charge in [0, 0.05) is 6.42 Å². The van der Waals surface area contributed by atoms with Gasteiger partial charge in [-0.05, 0) is 60.5 Å². The zero-order valence-electron chi connectivity index (χ0n) is 17.5. The van der Waals surface area contributed by atoms with Crippen LogP contribution in [0.4, 0.5) is 11.4 Å². The van der Waals surface area contributed by atoms with Crippen molar-refractivity contribution in [2.45, 2.75) is 23.1 Å². The largest absolute Gasteiger partial charge is 0.495 e. The van der Waals surface area contributed by atoms with Gasteiger partial charge in [0.05, 0.1) is 34.9 Å². The van der Waals surface area contributed by atoms with Crippen LogP contribution in [-0.4, -0.2) is 30.6 Å². The second-order valence-electron chi connectivity index (χ2n) is 7.26. The summed E-state index contributed by atoms with van der Waals surface area (Å²) in [5, 5.41) is 0. The molecule has 0 fully saturated rings. The van der Waals surface area contributed by atoms with E-state index in [9.17, 15) is 16.8 Å². The highest BCUT2D eigenvalue weighted by atomic mass is 32.2. The summed E-state index contributed by atoms with van der Waals surface area (Å²) in [4.78, 5) is -0.00406. The highest BCUT2D eigenvalue weighted by molar-refractivity contribution is 7.93. The molecule has 0 radical (unpaired) electrons. The van der Waals surface area contributed by atoms with Gasteiger partial charge >= 0.3 is 0 Å². The van der Waals surface area contributed by atoms with E-state index in [1.165, 1.54) is 25.3 Å². The van der Waals surface area contributed by atoms with Gasteiger partial charge in [-0.3, -0.25) is 9.44 Å². The lowest BCUT2D eigenvalue weighted by Crippen LogP contribution is -2.16. The highest BCUT2D eigenvalue weighted by Gasteiger charge is 2.22. The summed E-state index contributed by atoms with van der Waals surface area (Å²) in [5.41, 5.74) is 1.85. The Balaban J connectivity index is 1.64. The summed E-state index contributed by atoms with van der Waals surface area (Å²) in [6, 6.07) is 15.5. The molecule has 4 rings (SSSR count). The first-order valence-corrected chi connectivity index (χ1v) is 12.7. The summed E-state index contributed by atoms with van der Waals surface area (Å²) in [6.45, 7) is 2.21. The number of nitrogens with one attached hydrogen (secondary N) is 2. The van der Waals surface area contributed by atoms with Crippen LogP contribution in [0.3, 0.4) is 0 Å². The molecule has 3 aromatic rings. The Kier molecular flexibility index (Phi) is 5.74. The molecule has 0 bridgehead atoms. The van der Waals surface area contributed by atoms with Crippen LogP contribution < -0.4 is 18.9 Å². The maximum atomic E-state index is 13.0. The second-order valence-corrected chi connectivity index (χ2v) is 10.6. The van der Waals surface area contributed by atoms with E-state index in [2.05, 4.69) is 9.44 Å². The molecule has 0 aromatic heterocycles. The fourth-order valence-corrected chi connectivity index (χ4v) is 5.61. The lowest BCUT2D eigenvalue weighted by atomic mass is 10.2. The van der Waals surface area contributed by atoms with Crippen molar-refractivity contribution in [3.63, 3.8) is 0 Å². The maximum Gasteiger partial charge on any atom is 0.262 e. The predicted octanol–water partition coefficient (Wildman–Crippen LogP) is 3.54. The fraction of sp³-hybridized carbons (Fsp3) is 0.182. The van der Waals surface area contributed by atoms with Crippen molar-refractivity contribution >= 4 is 31.4 Å². The number of hydrogen-bond acceptors (Lipinski definition) is 6. The summed E-state index contributed by atoms with van der Waals surface area (Å²) in [6.07, 6.45) is 0.639. The molecule has 0 atom stereocenters. The van der Waals surface area contributed by atoms with Crippen molar-refractivity contribution in [2.75, 3.05) is 23.2 Å². The van der Waals surface area contributed by atoms with Gasteiger partial charge in [0.2, 0.25) is 0 Å². The molecular formula is C22H22N2O6S2. The molecule has 32 heavy (non-hydrogen) atoms. The van der Waals surface area contributed by atoms with Crippen molar-refractivity contribution in [3.8, 4) is 11.5 Å². The monoisotopic (exact) mass is 474 g/mol. The molecule has 1 aliphatic heterocycles. The molecule has 0 saturated carbocycles. The number of para-hydroxylation sites is 2. The molecule has 0 unspecified atom stereocenters. The molecule has 0 spiro atoms.